The Hall–Kier alpha value is -1.73. The number of hydrogen-bond acceptors (Lipinski definition) is 3. The summed E-state index contributed by atoms with van der Waals surface area (Å²) in [6.07, 6.45) is 5.97. The average Bonchev–Trinajstić information content (AvgIpc) is 2.86. The van der Waals surface area contributed by atoms with E-state index in [1.807, 2.05) is 29.6 Å². The summed E-state index contributed by atoms with van der Waals surface area (Å²) < 4.78 is 1.92. The van der Waals surface area contributed by atoms with E-state index in [4.69, 9.17) is 0 Å². The van der Waals surface area contributed by atoms with E-state index in [1.165, 1.54) is 22.6 Å². The summed E-state index contributed by atoms with van der Waals surface area (Å²) in [5.74, 6) is 1.73. The van der Waals surface area contributed by atoms with E-state index in [0.717, 1.165) is 17.8 Å². The Morgan fingerprint density at radius 2 is 2.37 bits per heavy atom. The number of aryl methyl sites for hydroxylation is 2. The molecule has 2 heterocycles. The van der Waals surface area contributed by atoms with Crippen LogP contribution in [0.5, 0.6) is 0 Å². The fourth-order valence-corrected chi connectivity index (χ4v) is 3.52. The SMILES string of the molecule is Cn1ccnc1C(C#N)c1ccc2c(c1)CCCS2. The monoisotopic (exact) mass is 269 g/mol. The molecule has 0 saturated carbocycles. The fourth-order valence-electron chi connectivity index (χ4n) is 2.50. The second-order valence-electron chi connectivity index (χ2n) is 4.78. The van der Waals surface area contributed by atoms with Gasteiger partial charge in [-0.05, 0) is 35.8 Å². The Morgan fingerprint density at radius 1 is 1.47 bits per heavy atom. The third kappa shape index (κ3) is 2.26. The minimum atomic E-state index is -0.280. The molecular formula is C15H15N3S. The van der Waals surface area contributed by atoms with Crippen molar-refractivity contribution in [3.05, 3.63) is 47.5 Å². The number of nitrogens with zero attached hydrogens (tertiary/aromatic N) is 3. The molecule has 1 atom stereocenters. The van der Waals surface area contributed by atoms with Crippen molar-refractivity contribution < 1.29 is 0 Å². The van der Waals surface area contributed by atoms with Crippen molar-refractivity contribution in [2.75, 3.05) is 5.75 Å². The average molecular weight is 269 g/mol. The molecule has 3 nitrogen and oxygen atoms in total. The molecule has 1 unspecified atom stereocenters. The molecule has 0 radical (unpaired) electrons. The smallest absolute Gasteiger partial charge is 0.130 e. The molecular weight excluding hydrogens is 254 g/mol. The highest BCUT2D eigenvalue weighted by Gasteiger charge is 2.19. The number of benzene rings is 1. The Balaban J connectivity index is 2.01. The van der Waals surface area contributed by atoms with Gasteiger partial charge in [-0.1, -0.05) is 12.1 Å². The molecule has 0 bridgehead atoms. The Labute approximate surface area is 117 Å². The van der Waals surface area contributed by atoms with Gasteiger partial charge in [0, 0.05) is 24.3 Å². The summed E-state index contributed by atoms with van der Waals surface area (Å²) >= 11 is 1.91. The second-order valence-corrected chi connectivity index (χ2v) is 5.91. The van der Waals surface area contributed by atoms with Crippen LogP contribution >= 0.6 is 11.8 Å². The first-order chi connectivity index (χ1) is 9.29. The molecule has 96 valence electrons. The summed E-state index contributed by atoms with van der Waals surface area (Å²) in [5.41, 5.74) is 2.43. The van der Waals surface area contributed by atoms with Crippen molar-refractivity contribution in [3.63, 3.8) is 0 Å². The zero-order valence-electron chi connectivity index (χ0n) is 10.8. The molecule has 1 aromatic heterocycles. The van der Waals surface area contributed by atoms with Gasteiger partial charge >= 0.3 is 0 Å². The van der Waals surface area contributed by atoms with Crippen LogP contribution in [0.2, 0.25) is 0 Å². The number of hydrogen-bond donors (Lipinski definition) is 0. The highest BCUT2D eigenvalue weighted by molar-refractivity contribution is 7.99. The van der Waals surface area contributed by atoms with E-state index in [2.05, 4.69) is 29.3 Å². The van der Waals surface area contributed by atoms with Crippen LogP contribution in [0.15, 0.2) is 35.5 Å². The number of fused-ring (bicyclic) bond motifs is 1. The molecule has 3 rings (SSSR count). The molecule has 2 aromatic rings. The summed E-state index contributed by atoms with van der Waals surface area (Å²) in [5, 5.41) is 9.47. The Kier molecular flexibility index (Phi) is 3.31. The molecule has 0 amide bonds. The first kappa shape index (κ1) is 12.3. The first-order valence-corrected chi connectivity index (χ1v) is 7.40. The lowest BCUT2D eigenvalue weighted by atomic mass is 9.96. The van der Waals surface area contributed by atoms with Crippen molar-refractivity contribution in [1.29, 1.82) is 5.26 Å². The fraction of sp³-hybridized carbons (Fsp3) is 0.333. The van der Waals surface area contributed by atoms with Crippen molar-refractivity contribution in [3.8, 4) is 6.07 Å². The maximum absolute atomic E-state index is 9.47. The quantitative estimate of drug-likeness (QED) is 0.841. The summed E-state index contributed by atoms with van der Waals surface area (Å²) in [7, 11) is 1.93. The van der Waals surface area contributed by atoms with Crippen molar-refractivity contribution in [2.24, 2.45) is 7.05 Å². The summed E-state index contributed by atoms with van der Waals surface area (Å²) in [6, 6.07) is 8.79. The predicted octanol–water partition coefficient (Wildman–Crippen LogP) is 3.11. The van der Waals surface area contributed by atoms with E-state index >= 15 is 0 Å². The van der Waals surface area contributed by atoms with Gasteiger partial charge in [0.1, 0.15) is 11.7 Å². The highest BCUT2D eigenvalue weighted by atomic mass is 32.2. The zero-order valence-corrected chi connectivity index (χ0v) is 11.7. The molecule has 0 fully saturated rings. The van der Waals surface area contributed by atoms with Crippen LogP contribution < -0.4 is 0 Å². The molecule has 1 aliphatic rings. The standard InChI is InChI=1S/C15H15N3S/c1-18-7-6-17-15(18)13(10-16)11-4-5-14-12(9-11)3-2-8-19-14/h4-7,9,13H,2-3,8H2,1H3. The number of rotatable bonds is 2. The van der Waals surface area contributed by atoms with E-state index in [9.17, 15) is 5.26 Å². The number of nitriles is 1. The van der Waals surface area contributed by atoms with Gasteiger partial charge in [-0.3, -0.25) is 0 Å². The van der Waals surface area contributed by atoms with E-state index in [0.29, 0.717) is 0 Å². The second kappa shape index (κ2) is 5.10. The zero-order chi connectivity index (χ0) is 13.2. The molecule has 0 spiro atoms. The minimum Gasteiger partial charge on any atom is -0.337 e. The lowest BCUT2D eigenvalue weighted by Crippen LogP contribution is -2.07. The van der Waals surface area contributed by atoms with Crippen LogP contribution in [0.3, 0.4) is 0 Å². The highest BCUT2D eigenvalue weighted by Crippen LogP contribution is 2.33. The van der Waals surface area contributed by atoms with Gasteiger partial charge in [0.2, 0.25) is 0 Å². The number of thioether (sulfide) groups is 1. The summed E-state index contributed by atoms with van der Waals surface area (Å²) in [4.78, 5) is 5.68. The molecule has 1 aromatic carbocycles. The molecule has 0 aliphatic carbocycles. The normalized spacial score (nSPS) is 15.6. The van der Waals surface area contributed by atoms with Crippen LogP contribution in [-0.2, 0) is 13.5 Å². The number of imidazole rings is 1. The van der Waals surface area contributed by atoms with Gasteiger partial charge in [0.15, 0.2) is 0 Å². The minimum absolute atomic E-state index is 0.280. The topological polar surface area (TPSA) is 41.6 Å². The Bertz CT molecular complexity index is 639. The third-order valence-corrected chi connectivity index (χ3v) is 4.71. The maximum atomic E-state index is 9.47. The summed E-state index contributed by atoms with van der Waals surface area (Å²) in [6.45, 7) is 0. The number of aromatic nitrogens is 2. The lowest BCUT2D eigenvalue weighted by molar-refractivity contribution is 0.780. The van der Waals surface area contributed by atoms with Crippen LogP contribution in [0, 0.1) is 11.3 Å². The van der Waals surface area contributed by atoms with Gasteiger partial charge in [0.25, 0.3) is 0 Å². The largest absolute Gasteiger partial charge is 0.337 e. The van der Waals surface area contributed by atoms with Gasteiger partial charge < -0.3 is 4.57 Å². The van der Waals surface area contributed by atoms with Crippen LogP contribution in [0.1, 0.15) is 29.3 Å². The van der Waals surface area contributed by atoms with Crippen molar-refractivity contribution in [1.82, 2.24) is 9.55 Å². The maximum Gasteiger partial charge on any atom is 0.130 e. The van der Waals surface area contributed by atoms with Crippen LogP contribution in [0.25, 0.3) is 0 Å². The van der Waals surface area contributed by atoms with Gasteiger partial charge in [-0.25, -0.2) is 4.98 Å². The Morgan fingerprint density at radius 3 is 3.11 bits per heavy atom. The van der Waals surface area contributed by atoms with Crippen molar-refractivity contribution >= 4 is 11.8 Å². The molecule has 4 heteroatoms. The molecule has 1 aliphatic heterocycles. The van der Waals surface area contributed by atoms with E-state index < -0.39 is 0 Å². The van der Waals surface area contributed by atoms with Gasteiger partial charge in [-0.2, -0.15) is 5.26 Å². The van der Waals surface area contributed by atoms with Crippen molar-refractivity contribution in [2.45, 2.75) is 23.7 Å². The molecule has 19 heavy (non-hydrogen) atoms. The van der Waals surface area contributed by atoms with Crippen LogP contribution in [0.4, 0.5) is 0 Å². The molecule has 0 saturated heterocycles. The third-order valence-electron chi connectivity index (χ3n) is 3.51. The first-order valence-electron chi connectivity index (χ1n) is 6.42. The lowest BCUT2D eigenvalue weighted by Gasteiger charge is -2.17. The molecule has 0 N–H and O–H groups in total. The van der Waals surface area contributed by atoms with Gasteiger partial charge in [0.05, 0.1) is 6.07 Å². The van der Waals surface area contributed by atoms with E-state index in [-0.39, 0.29) is 5.92 Å². The predicted molar refractivity (Wildman–Crippen MR) is 76.2 cm³/mol. The van der Waals surface area contributed by atoms with Gasteiger partial charge in [-0.15, -0.1) is 11.8 Å². The van der Waals surface area contributed by atoms with E-state index in [1.54, 1.807) is 6.20 Å². The van der Waals surface area contributed by atoms with Crippen LogP contribution in [-0.4, -0.2) is 15.3 Å².